The highest BCUT2D eigenvalue weighted by Gasteiger charge is 2.16. The Bertz CT molecular complexity index is 797. The van der Waals surface area contributed by atoms with E-state index >= 15 is 0 Å². The van der Waals surface area contributed by atoms with E-state index < -0.39 is 0 Å². The molecule has 22 heavy (non-hydrogen) atoms. The van der Waals surface area contributed by atoms with Crippen molar-refractivity contribution < 1.29 is 4.79 Å². The molecule has 0 aliphatic heterocycles. The van der Waals surface area contributed by atoms with E-state index in [2.05, 4.69) is 10.3 Å². The molecule has 0 unspecified atom stereocenters. The number of carbonyl (C=O) groups is 1. The first-order chi connectivity index (χ1) is 10.6. The molecule has 2 aromatic carbocycles. The van der Waals surface area contributed by atoms with Crippen molar-refractivity contribution in [1.29, 1.82) is 0 Å². The largest absolute Gasteiger partial charge is 0.321 e. The summed E-state index contributed by atoms with van der Waals surface area (Å²) >= 11 is 7.23. The Balaban J connectivity index is 1.84. The van der Waals surface area contributed by atoms with Gasteiger partial charge in [0.2, 0.25) is 0 Å². The summed E-state index contributed by atoms with van der Waals surface area (Å²) in [5, 5.41) is 4.35. The average Bonchev–Trinajstić information content (AvgIpc) is 2.92. The van der Waals surface area contributed by atoms with Crippen molar-refractivity contribution >= 4 is 34.5 Å². The molecule has 1 N–H and O–H groups in total. The van der Waals surface area contributed by atoms with E-state index in [0.717, 1.165) is 16.3 Å². The van der Waals surface area contributed by atoms with Crippen LogP contribution >= 0.6 is 22.9 Å². The molecular formula is C17H13ClN2OS. The minimum absolute atomic E-state index is 0.153. The summed E-state index contributed by atoms with van der Waals surface area (Å²) in [5.74, 6) is -0.153. The molecule has 0 aliphatic carbocycles. The Labute approximate surface area is 137 Å². The van der Waals surface area contributed by atoms with Gasteiger partial charge in [0.05, 0.1) is 5.69 Å². The van der Waals surface area contributed by atoms with Crippen LogP contribution in [0.15, 0.2) is 54.6 Å². The fraction of sp³-hybridized carbons (Fsp3) is 0.0588. The van der Waals surface area contributed by atoms with Gasteiger partial charge < -0.3 is 5.32 Å². The third kappa shape index (κ3) is 3.18. The van der Waals surface area contributed by atoms with Crippen molar-refractivity contribution in [2.24, 2.45) is 0 Å². The van der Waals surface area contributed by atoms with Crippen LogP contribution in [0.1, 0.15) is 15.4 Å². The van der Waals surface area contributed by atoms with Gasteiger partial charge in [-0.3, -0.25) is 4.79 Å². The fourth-order valence-corrected chi connectivity index (χ4v) is 3.13. The highest BCUT2D eigenvalue weighted by molar-refractivity contribution is 7.17. The lowest BCUT2D eigenvalue weighted by atomic mass is 10.2. The second kappa shape index (κ2) is 6.30. The van der Waals surface area contributed by atoms with Crippen LogP contribution in [0.4, 0.5) is 5.69 Å². The number of hydrogen-bond acceptors (Lipinski definition) is 3. The Morgan fingerprint density at radius 2 is 1.77 bits per heavy atom. The minimum atomic E-state index is -0.153. The summed E-state index contributed by atoms with van der Waals surface area (Å²) in [6.45, 7) is 1.85. The molecule has 3 rings (SSSR count). The number of thiazole rings is 1. The van der Waals surface area contributed by atoms with Gasteiger partial charge in [0.25, 0.3) is 5.91 Å². The van der Waals surface area contributed by atoms with Gasteiger partial charge in [0.15, 0.2) is 0 Å². The molecule has 0 saturated carbocycles. The number of nitrogens with one attached hydrogen (secondary N) is 1. The predicted octanol–water partition coefficient (Wildman–Crippen LogP) is 5.02. The van der Waals surface area contributed by atoms with E-state index in [1.165, 1.54) is 11.3 Å². The van der Waals surface area contributed by atoms with Gasteiger partial charge in [-0.05, 0) is 31.2 Å². The zero-order valence-electron chi connectivity index (χ0n) is 11.8. The highest BCUT2D eigenvalue weighted by atomic mass is 35.5. The lowest BCUT2D eigenvalue weighted by Crippen LogP contribution is -2.11. The third-order valence-corrected chi connectivity index (χ3v) is 4.58. The second-order valence-corrected chi connectivity index (χ2v) is 6.20. The van der Waals surface area contributed by atoms with E-state index in [-0.39, 0.29) is 5.91 Å². The molecule has 1 heterocycles. The first-order valence-corrected chi connectivity index (χ1v) is 7.93. The van der Waals surface area contributed by atoms with E-state index in [0.29, 0.717) is 15.6 Å². The number of anilines is 1. The monoisotopic (exact) mass is 328 g/mol. The normalized spacial score (nSPS) is 10.5. The van der Waals surface area contributed by atoms with Crippen LogP contribution in [0.25, 0.3) is 10.6 Å². The quantitative estimate of drug-likeness (QED) is 0.733. The number of carbonyl (C=O) groups excluding carboxylic acids is 1. The highest BCUT2D eigenvalue weighted by Crippen LogP contribution is 2.28. The topological polar surface area (TPSA) is 42.0 Å². The number of hydrogen-bond donors (Lipinski definition) is 1. The van der Waals surface area contributed by atoms with Crippen molar-refractivity contribution in [3.63, 3.8) is 0 Å². The minimum Gasteiger partial charge on any atom is -0.321 e. The van der Waals surface area contributed by atoms with Crippen LogP contribution in [0.5, 0.6) is 0 Å². The molecule has 0 saturated heterocycles. The molecule has 0 fully saturated rings. The molecule has 0 aliphatic rings. The summed E-state index contributed by atoms with van der Waals surface area (Å²) in [5.41, 5.74) is 2.46. The molecule has 0 radical (unpaired) electrons. The lowest BCUT2D eigenvalue weighted by molar-refractivity contribution is 0.103. The molecule has 1 amide bonds. The van der Waals surface area contributed by atoms with Crippen LogP contribution in [0.3, 0.4) is 0 Å². The van der Waals surface area contributed by atoms with Crippen LogP contribution in [-0.2, 0) is 0 Å². The molecule has 0 atom stereocenters. The summed E-state index contributed by atoms with van der Waals surface area (Å²) < 4.78 is 0. The van der Waals surface area contributed by atoms with Gasteiger partial charge in [-0.2, -0.15) is 0 Å². The Morgan fingerprint density at radius 3 is 2.45 bits per heavy atom. The summed E-state index contributed by atoms with van der Waals surface area (Å²) in [7, 11) is 0. The zero-order chi connectivity index (χ0) is 15.5. The maximum absolute atomic E-state index is 12.4. The number of amides is 1. The van der Waals surface area contributed by atoms with Crippen LogP contribution in [-0.4, -0.2) is 10.9 Å². The molecule has 3 nitrogen and oxygen atoms in total. The average molecular weight is 329 g/mol. The Hall–Kier alpha value is -2.17. The third-order valence-electron chi connectivity index (χ3n) is 3.13. The number of aromatic nitrogens is 1. The fourth-order valence-electron chi connectivity index (χ4n) is 2.03. The van der Waals surface area contributed by atoms with E-state index in [1.54, 1.807) is 24.3 Å². The molecule has 110 valence electrons. The first kappa shape index (κ1) is 14.8. The second-order valence-electron chi connectivity index (χ2n) is 4.76. The summed E-state index contributed by atoms with van der Waals surface area (Å²) in [6, 6.07) is 16.9. The summed E-state index contributed by atoms with van der Waals surface area (Å²) in [4.78, 5) is 17.5. The molecule has 5 heteroatoms. The van der Waals surface area contributed by atoms with Gasteiger partial charge in [0.1, 0.15) is 9.88 Å². The van der Waals surface area contributed by atoms with Gasteiger partial charge in [-0.1, -0.05) is 41.9 Å². The zero-order valence-corrected chi connectivity index (χ0v) is 13.4. The lowest BCUT2D eigenvalue weighted by Gasteiger charge is -2.03. The van der Waals surface area contributed by atoms with Gasteiger partial charge in [-0.15, -0.1) is 11.3 Å². The molecule has 0 bridgehead atoms. The number of rotatable bonds is 3. The van der Waals surface area contributed by atoms with Crippen molar-refractivity contribution in [2.45, 2.75) is 6.92 Å². The van der Waals surface area contributed by atoms with Gasteiger partial charge in [0, 0.05) is 16.3 Å². The van der Waals surface area contributed by atoms with Crippen LogP contribution < -0.4 is 5.32 Å². The molecule has 0 spiro atoms. The van der Waals surface area contributed by atoms with Crippen LogP contribution in [0.2, 0.25) is 5.02 Å². The Morgan fingerprint density at radius 1 is 1.09 bits per heavy atom. The maximum Gasteiger partial charge on any atom is 0.267 e. The number of aryl methyl sites for hydroxylation is 1. The smallest absolute Gasteiger partial charge is 0.267 e. The van der Waals surface area contributed by atoms with Crippen molar-refractivity contribution in [3.8, 4) is 10.6 Å². The number of benzene rings is 2. The van der Waals surface area contributed by atoms with Crippen molar-refractivity contribution in [1.82, 2.24) is 4.98 Å². The maximum atomic E-state index is 12.4. The van der Waals surface area contributed by atoms with E-state index in [1.807, 2.05) is 37.3 Å². The Kier molecular flexibility index (Phi) is 4.22. The number of halogens is 1. The SMILES string of the molecule is Cc1nc(-c2ccccc2)sc1C(=O)Nc1ccc(Cl)cc1. The van der Waals surface area contributed by atoms with Crippen LogP contribution in [0, 0.1) is 6.92 Å². The summed E-state index contributed by atoms with van der Waals surface area (Å²) in [6.07, 6.45) is 0. The number of nitrogens with zero attached hydrogens (tertiary/aromatic N) is 1. The van der Waals surface area contributed by atoms with Gasteiger partial charge >= 0.3 is 0 Å². The molecule has 3 aromatic rings. The van der Waals surface area contributed by atoms with Crippen molar-refractivity contribution in [3.05, 3.63) is 70.2 Å². The van der Waals surface area contributed by atoms with Crippen molar-refractivity contribution in [2.75, 3.05) is 5.32 Å². The molecule has 1 aromatic heterocycles. The van der Waals surface area contributed by atoms with E-state index in [4.69, 9.17) is 11.6 Å². The first-order valence-electron chi connectivity index (χ1n) is 6.73. The van der Waals surface area contributed by atoms with Gasteiger partial charge in [-0.25, -0.2) is 4.98 Å². The standard InChI is InChI=1S/C17H13ClN2OS/c1-11-15(16(21)20-14-9-7-13(18)8-10-14)22-17(19-11)12-5-3-2-4-6-12/h2-10H,1H3,(H,20,21). The molecular weight excluding hydrogens is 316 g/mol. The van der Waals surface area contributed by atoms with E-state index in [9.17, 15) is 4.79 Å². The predicted molar refractivity (Wildman–Crippen MR) is 91.7 cm³/mol.